The molecule has 1 aliphatic heterocycles. The van der Waals surface area contributed by atoms with Crippen molar-refractivity contribution in [3.63, 3.8) is 0 Å². The van der Waals surface area contributed by atoms with Crippen molar-refractivity contribution in [2.75, 3.05) is 19.1 Å². The average molecular weight is 477 g/mol. The molecule has 0 saturated heterocycles. The number of carbonyl (C=O) groups is 2. The van der Waals surface area contributed by atoms with E-state index in [4.69, 9.17) is 21.1 Å². The Balaban J connectivity index is 1.86. The van der Waals surface area contributed by atoms with Gasteiger partial charge in [0.25, 0.3) is 5.91 Å². The summed E-state index contributed by atoms with van der Waals surface area (Å²) in [7, 11) is 2.87. The summed E-state index contributed by atoms with van der Waals surface area (Å²) in [4.78, 5) is 27.9. The van der Waals surface area contributed by atoms with Crippen LogP contribution in [0.3, 0.4) is 0 Å². The molecule has 4 rings (SSSR count). The predicted molar refractivity (Wildman–Crippen MR) is 133 cm³/mol. The third-order valence-corrected chi connectivity index (χ3v) is 6.28. The van der Waals surface area contributed by atoms with Gasteiger partial charge in [0.2, 0.25) is 0 Å². The summed E-state index contributed by atoms with van der Waals surface area (Å²) in [5.74, 6) is -0.269. The van der Waals surface area contributed by atoms with E-state index >= 15 is 0 Å². The van der Waals surface area contributed by atoms with Gasteiger partial charge >= 0.3 is 5.97 Å². The fourth-order valence-corrected chi connectivity index (χ4v) is 4.55. The maximum atomic E-state index is 13.6. The summed E-state index contributed by atoms with van der Waals surface area (Å²) in [5.41, 5.74) is 5.11. The second-order valence-electron chi connectivity index (χ2n) is 7.97. The number of para-hydroxylation sites is 1. The average Bonchev–Trinajstić information content (AvgIpc) is 3.25. The zero-order chi connectivity index (χ0) is 24.6. The van der Waals surface area contributed by atoms with Gasteiger partial charge in [-0.2, -0.15) is 0 Å². The number of halogens is 1. The molecule has 3 aromatic rings. The predicted octanol–water partition coefficient (Wildman–Crippen LogP) is 5.63. The lowest BCUT2D eigenvalue weighted by molar-refractivity contribution is -0.136. The highest BCUT2D eigenvalue weighted by atomic mass is 35.5. The zero-order valence-electron chi connectivity index (χ0n) is 19.7. The normalized spacial score (nSPS) is 14.8. The maximum Gasteiger partial charge on any atom is 0.340 e. The zero-order valence-corrected chi connectivity index (χ0v) is 20.4. The topological polar surface area (TPSA) is 60.8 Å². The number of rotatable bonds is 5. The first-order valence-corrected chi connectivity index (χ1v) is 11.1. The number of anilines is 1. The van der Waals surface area contributed by atoms with Gasteiger partial charge in [-0.15, -0.1) is 0 Å². The number of ether oxygens (including phenoxy) is 2. The lowest BCUT2D eigenvalue weighted by Gasteiger charge is -2.18. The van der Waals surface area contributed by atoms with Gasteiger partial charge < -0.3 is 14.0 Å². The van der Waals surface area contributed by atoms with Crippen LogP contribution in [-0.2, 0) is 14.3 Å². The van der Waals surface area contributed by atoms with Crippen molar-refractivity contribution in [3.05, 3.63) is 93.4 Å². The number of carbonyl (C=O) groups excluding carboxylic acids is 2. The van der Waals surface area contributed by atoms with Gasteiger partial charge in [-0.25, -0.2) is 4.79 Å². The van der Waals surface area contributed by atoms with E-state index in [-0.39, 0.29) is 17.1 Å². The number of methoxy groups -OCH3 is 2. The van der Waals surface area contributed by atoms with E-state index in [0.717, 1.165) is 22.6 Å². The van der Waals surface area contributed by atoms with E-state index in [9.17, 15) is 9.59 Å². The van der Waals surface area contributed by atoms with Crippen molar-refractivity contribution in [2.24, 2.45) is 0 Å². The fraction of sp³-hybridized carbons (Fsp3) is 0.185. The van der Waals surface area contributed by atoms with Gasteiger partial charge in [0.1, 0.15) is 5.75 Å². The smallest absolute Gasteiger partial charge is 0.340 e. The summed E-state index contributed by atoms with van der Waals surface area (Å²) in [6, 6.07) is 16.7. The summed E-state index contributed by atoms with van der Waals surface area (Å²) in [6.45, 7) is 5.66. The quantitative estimate of drug-likeness (QED) is 0.353. The maximum absolute atomic E-state index is 13.6. The monoisotopic (exact) mass is 476 g/mol. The molecular weight excluding hydrogens is 452 g/mol. The van der Waals surface area contributed by atoms with Crippen molar-refractivity contribution in [1.82, 2.24) is 4.57 Å². The Hall–Kier alpha value is -3.77. The first kappa shape index (κ1) is 23.4. The molecule has 1 amide bonds. The number of nitrogens with zero attached hydrogens (tertiary/aromatic N) is 2. The SMILES string of the molecule is COC(=O)C1=C(C)N(c2cccc(OC)c2)C(=O)/C1=C\c1cc(C)n(-c2ccccc2Cl)c1C. The van der Waals surface area contributed by atoms with Crippen LogP contribution >= 0.6 is 11.6 Å². The number of allylic oxidation sites excluding steroid dienone is 1. The Labute approximate surface area is 203 Å². The van der Waals surface area contributed by atoms with Crippen molar-refractivity contribution in [2.45, 2.75) is 20.8 Å². The molecule has 6 nitrogen and oxygen atoms in total. The second kappa shape index (κ2) is 9.23. The molecule has 0 unspecified atom stereocenters. The van der Waals surface area contributed by atoms with E-state index in [1.54, 1.807) is 44.4 Å². The molecule has 2 aromatic carbocycles. The standard InChI is InChI=1S/C27H25ClN2O4/c1-16-13-19(17(2)29(16)24-12-7-6-11-23(24)28)14-22-25(27(32)34-5)18(3)30(26(22)31)20-9-8-10-21(15-20)33-4/h6-15H,1-5H3/b22-14-. The molecule has 2 heterocycles. The Kier molecular flexibility index (Phi) is 6.35. The van der Waals surface area contributed by atoms with Crippen molar-refractivity contribution in [1.29, 1.82) is 0 Å². The summed E-state index contributed by atoms with van der Waals surface area (Å²) in [6.07, 6.45) is 1.74. The van der Waals surface area contributed by atoms with E-state index in [2.05, 4.69) is 0 Å². The van der Waals surface area contributed by atoms with Crippen LogP contribution in [0.5, 0.6) is 5.75 Å². The molecule has 0 radical (unpaired) electrons. The van der Waals surface area contributed by atoms with Crippen LogP contribution in [0.2, 0.25) is 5.02 Å². The highest BCUT2D eigenvalue weighted by Crippen LogP contribution is 2.37. The molecule has 0 N–H and O–H groups in total. The minimum Gasteiger partial charge on any atom is -0.497 e. The van der Waals surface area contributed by atoms with Crippen molar-refractivity contribution >= 4 is 35.2 Å². The number of aromatic nitrogens is 1. The highest BCUT2D eigenvalue weighted by Gasteiger charge is 2.38. The van der Waals surface area contributed by atoms with Crippen LogP contribution in [0.15, 0.2) is 71.4 Å². The third kappa shape index (κ3) is 3.90. The van der Waals surface area contributed by atoms with Crippen LogP contribution in [0, 0.1) is 13.8 Å². The van der Waals surface area contributed by atoms with E-state index < -0.39 is 5.97 Å². The fourth-order valence-electron chi connectivity index (χ4n) is 4.33. The highest BCUT2D eigenvalue weighted by molar-refractivity contribution is 6.32. The molecule has 0 bridgehead atoms. The first-order chi connectivity index (χ1) is 16.3. The number of hydrogen-bond acceptors (Lipinski definition) is 4. The molecular formula is C27H25ClN2O4. The molecule has 0 saturated carbocycles. The van der Waals surface area contributed by atoms with Crippen LogP contribution in [0.25, 0.3) is 11.8 Å². The van der Waals surface area contributed by atoms with Gasteiger partial charge in [0.05, 0.1) is 41.8 Å². The van der Waals surface area contributed by atoms with Crippen LogP contribution in [0.4, 0.5) is 5.69 Å². The minimum atomic E-state index is -0.567. The lowest BCUT2D eigenvalue weighted by atomic mass is 10.0. The first-order valence-electron chi connectivity index (χ1n) is 10.7. The minimum absolute atomic E-state index is 0.234. The Morgan fingerprint density at radius 2 is 1.74 bits per heavy atom. The van der Waals surface area contributed by atoms with Gasteiger partial charge in [-0.1, -0.05) is 29.8 Å². The summed E-state index contributed by atoms with van der Waals surface area (Å²) >= 11 is 6.44. The summed E-state index contributed by atoms with van der Waals surface area (Å²) < 4.78 is 12.4. The summed E-state index contributed by atoms with van der Waals surface area (Å²) in [5, 5.41) is 0.621. The second-order valence-corrected chi connectivity index (χ2v) is 8.37. The van der Waals surface area contributed by atoms with Crippen molar-refractivity contribution in [3.8, 4) is 11.4 Å². The molecule has 0 atom stereocenters. The van der Waals surface area contributed by atoms with Crippen molar-refractivity contribution < 1.29 is 19.1 Å². The number of amides is 1. The lowest BCUT2D eigenvalue weighted by Crippen LogP contribution is -2.24. The third-order valence-electron chi connectivity index (χ3n) is 5.96. The molecule has 0 aliphatic carbocycles. The van der Waals surface area contributed by atoms with Gasteiger partial charge in [0.15, 0.2) is 0 Å². The molecule has 1 aromatic heterocycles. The van der Waals surface area contributed by atoms with Gasteiger partial charge in [-0.3, -0.25) is 9.69 Å². The Morgan fingerprint density at radius 3 is 2.41 bits per heavy atom. The number of esters is 1. The van der Waals surface area contributed by atoms with E-state index in [0.29, 0.717) is 22.2 Å². The molecule has 0 fully saturated rings. The molecule has 34 heavy (non-hydrogen) atoms. The van der Waals surface area contributed by atoms with E-state index in [1.807, 2.05) is 48.7 Å². The number of hydrogen-bond donors (Lipinski definition) is 0. The number of benzene rings is 2. The molecule has 174 valence electrons. The Morgan fingerprint density at radius 1 is 1.00 bits per heavy atom. The number of aryl methyl sites for hydroxylation is 1. The Bertz CT molecular complexity index is 1370. The van der Waals surface area contributed by atoms with Crippen LogP contribution in [0.1, 0.15) is 23.9 Å². The largest absolute Gasteiger partial charge is 0.497 e. The molecule has 1 aliphatic rings. The van der Waals surface area contributed by atoms with Gasteiger partial charge in [-0.05, 0) is 62.7 Å². The van der Waals surface area contributed by atoms with Crippen LogP contribution < -0.4 is 9.64 Å². The van der Waals surface area contributed by atoms with E-state index in [1.165, 1.54) is 12.0 Å². The molecule has 0 spiro atoms. The van der Waals surface area contributed by atoms with Gasteiger partial charge in [0, 0.05) is 23.2 Å². The molecule has 7 heteroatoms. The van der Waals surface area contributed by atoms with Crippen LogP contribution in [-0.4, -0.2) is 30.7 Å².